The number of aromatic nitrogens is 2. The minimum Gasteiger partial charge on any atom is -0.308 e. The van der Waals surface area contributed by atoms with E-state index in [-0.39, 0.29) is 28.0 Å². The number of rotatable bonds is 4. The number of anilines is 2. The highest BCUT2D eigenvalue weighted by atomic mass is 35.5. The van der Waals surface area contributed by atoms with Crippen LogP contribution >= 0.6 is 34.8 Å². The van der Waals surface area contributed by atoms with Crippen LogP contribution in [0, 0.1) is 5.82 Å². The molecule has 134 valence electrons. The molecule has 2 aromatic carbocycles. The second-order valence-electron chi connectivity index (χ2n) is 5.31. The largest absolute Gasteiger partial charge is 0.324 e. The van der Waals surface area contributed by atoms with Gasteiger partial charge in [0.25, 0.3) is 0 Å². The third-order valence-electron chi connectivity index (χ3n) is 3.43. The molecule has 1 aromatic heterocycles. The highest BCUT2D eigenvalue weighted by Gasteiger charge is 2.13. The third-order valence-corrected chi connectivity index (χ3v) is 4.32. The maximum Gasteiger partial charge on any atom is 0.324 e. The number of nitrogens with one attached hydrogen (secondary N) is 2. The lowest BCUT2D eigenvalue weighted by atomic mass is 10.2. The second kappa shape index (κ2) is 7.95. The predicted octanol–water partition coefficient (Wildman–Crippen LogP) is 5.67. The van der Waals surface area contributed by atoms with E-state index in [0.29, 0.717) is 10.7 Å². The number of urea groups is 1. The summed E-state index contributed by atoms with van der Waals surface area (Å²) in [5.74, 6) is -0.301. The first-order valence-electron chi connectivity index (χ1n) is 7.42. The number of carbonyl (C=O) groups is 1. The third kappa shape index (κ3) is 4.46. The van der Waals surface area contributed by atoms with Gasteiger partial charge in [0.15, 0.2) is 5.82 Å². The van der Waals surface area contributed by atoms with E-state index in [1.54, 1.807) is 30.3 Å². The Kier molecular flexibility index (Phi) is 5.66. The van der Waals surface area contributed by atoms with Crippen LogP contribution < -0.4 is 10.6 Å². The van der Waals surface area contributed by atoms with Gasteiger partial charge in [0, 0.05) is 27.5 Å². The van der Waals surface area contributed by atoms with Crippen molar-refractivity contribution in [2.24, 2.45) is 0 Å². The summed E-state index contributed by atoms with van der Waals surface area (Å²) < 4.78 is 15.3. The summed E-state index contributed by atoms with van der Waals surface area (Å²) in [5, 5.41) is 10.4. The van der Waals surface area contributed by atoms with Crippen LogP contribution in [-0.2, 0) is 6.54 Å². The van der Waals surface area contributed by atoms with E-state index < -0.39 is 11.8 Å². The van der Waals surface area contributed by atoms with Crippen molar-refractivity contribution < 1.29 is 9.18 Å². The first kappa shape index (κ1) is 18.5. The molecule has 0 spiro atoms. The Morgan fingerprint density at radius 3 is 2.46 bits per heavy atom. The molecule has 3 aromatic rings. The summed E-state index contributed by atoms with van der Waals surface area (Å²) in [6.45, 7) is 0.0751. The highest BCUT2D eigenvalue weighted by molar-refractivity contribution is 6.33. The van der Waals surface area contributed by atoms with Gasteiger partial charge in [-0.25, -0.2) is 9.18 Å². The molecule has 26 heavy (non-hydrogen) atoms. The van der Waals surface area contributed by atoms with E-state index in [0.717, 1.165) is 0 Å². The van der Waals surface area contributed by atoms with Crippen LogP contribution in [0.4, 0.5) is 20.7 Å². The number of carbonyl (C=O) groups excluding carboxylic acids is 1. The van der Waals surface area contributed by atoms with Crippen molar-refractivity contribution in [3.05, 3.63) is 75.1 Å². The number of amides is 2. The summed E-state index contributed by atoms with van der Waals surface area (Å²) in [4.78, 5) is 12.1. The molecule has 0 aliphatic heterocycles. The quantitative estimate of drug-likeness (QED) is 0.578. The van der Waals surface area contributed by atoms with E-state index in [1.165, 1.54) is 23.0 Å². The topological polar surface area (TPSA) is 59.0 Å². The van der Waals surface area contributed by atoms with Crippen molar-refractivity contribution in [2.45, 2.75) is 6.54 Å². The smallest absolute Gasteiger partial charge is 0.308 e. The summed E-state index contributed by atoms with van der Waals surface area (Å²) in [5.41, 5.74) is 0.839. The molecule has 0 radical (unpaired) electrons. The molecule has 3 rings (SSSR count). The van der Waals surface area contributed by atoms with Gasteiger partial charge in [0.2, 0.25) is 0 Å². The molecule has 2 N–H and O–H groups in total. The van der Waals surface area contributed by atoms with Gasteiger partial charge in [-0.1, -0.05) is 40.9 Å². The van der Waals surface area contributed by atoms with Crippen LogP contribution in [0.15, 0.2) is 48.7 Å². The standard InChI is InChI=1S/C17H12Cl3FN4O/c18-10-4-6-11(7-5-10)22-17(26)23-16-14(20)9-25(24-16)8-12-13(19)2-1-3-15(12)21/h1-7,9H,8H2,(H2,22,23,24,26). The van der Waals surface area contributed by atoms with Crippen LogP contribution in [0.2, 0.25) is 15.1 Å². The minimum absolute atomic E-state index is 0.0751. The molecule has 1 heterocycles. The number of benzene rings is 2. The number of nitrogens with zero attached hydrogens (tertiary/aromatic N) is 2. The Morgan fingerprint density at radius 1 is 1.04 bits per heavy atom. The van der Waals surface area contributed by atoms with Gasteiger partial charge in [0.1, 0.15) is 10.8 Å². The molecule has 0 saturated carbocycles. The van der Waals surface area contributed by atoms with Gasteiger partial charge in [-0.3, -0.25) is 10.00 Å². The summed E-state index contributed by atoms with van der Waals surface area (Å²) in [6, 6.07) is 10.5. The average molecular weight is 414 g/mol. The molecule has 0 unspecified atom stereocenters. The Bertz CT molecular complexity index is 923. The van der Waals surface area contributed by atoms with Crippen molar-refractivity contribution in [3.63, 3.8) is 0 Å². The first-order valence-corrected chi connectivity index (χ1v) is 8.55. The molecule has 0 aliphatic carbocycles. The maximum absolute atomic E-state index is 13.9. The van der Waals surface area contributed by atoms with E-state index in [4.69, 9.17) is 34.8 Å². The van der Waals surface area contributed by atoms with Crippen LogP contribution in [0.1, 0.15) is 5.56 Å². The zero-order valence-electron chi connectivity index (χ0n) is 13.1. The van der Waals surface area contributed by atoms with E-state index in [9.17, 15) is 9.18 Å². The monoisotopic (exact) mass is 412 g/mol. The summed E-state index contributed by atoms with van der Waals surface area (Å²) in [6.07, 6.45) is 1.47. The number of hydrogen-bond acceptors (Lipinski definition) is 2. The van der Waals surface area contributed by atoms with Crippen molar-refractivity contribution in [3.8, 4) is 0 Å². The van der Waals surface area contributed by atoms with Crippen LogP contribution in [-0.4, -0.2) is 15.8 Å². The maximum atomic E-state index is 13.9. The van der Waals surface area contributed by atoms with Gasteiger partial charge in [-0.15, -0.1) is 0 Å². The fraction of sp³-hybridized carbons (Fsp3) is 0.0588. The molecule has 0 atom stereocenters. The summed E-state index contributed by atoms with van der Waals surface area (Å²) >= 11 is 17.9. The molecule has 0 aliphatic rings. The van der Waals surface area contributed by atoms with Gasteiger partial charge in [0.05, 0.1) is 6.54 Å². The molecule has 0 bridgehead atoms. The molecule has 0 fully saturated rings. The van der Waals surface area contributed by atoms with Crippen LogP contribution in [0.3, 0.4) is 0 Å². The number of hydrogen-bond donors (Lipinski definition) is 2. The fourth-order valence-corrected chi connectivity index (χ4v) is 2.76. The second-order valence-corrected chi connectivity index (χ2v) is 6.56. The Labute approximate surface area is 163 Å². The Morgan fingerprint density at radius 2 is 1.77 bits per heavy atom. The van der Waals surface area contributed by atoms with E-state index >= 15 is 0 Å². The minimum atomic E-state index is -0.525. The van der Waals surface area contributed by atoms with Crippen LogP contribution in [0.25, 0.3) is 0 Å². The lowest BCUT2D eigenvalue weighted by Gasteiger charge is -2.07. The molecule has 0 saturated heterocycles. The lowest BCUT2D eigenvalue weighted by Crippen LogP contribution is -2.20. The SMILES string of the molecule is O=C(Nc1ccc(Cl)cc1)Nc1nn(Cc2c(F)cccc2Cl)cc1Cl. The average Bonchev–Trinajstić information content (AvgIpc) is 2.93. The van der Waals surface area contributed by atoms with Crippen molar-refractivity contribution in [1.82, 2.24) is 9.78 Å². The van der Waals surface area contributed by atoms with Crippen molar-refractivity contribution in [1.29, 1.82) is 0 Å². The molecule has 5 nitrogen and oxygen atoms in total. The van der Waals surface area contributed by atoms with E-state index in [2.05, 4.69) is 15.7 Å². The van der Waals surface area contributed by atoms with Gasteiger partial charge < -0.3 is 5.32 Å². The Balaban J connectivity index is 1.70. The van der Waals surface area contributed by atoms with Crippen molar-refractivity contribution in [2.75, 3.05) is 10.6 Å². The van der Waals surface area contributed by atoms with E-state index in [1.807, 2.05) is 0 Å². The Hall–Kier alpha value is -2.28. The zero-order valence-corrected chi connectivity index (χ0v) is 15.4. The molecule has 2 amide bonds. The zero-order chi connectivity index (χ0) is 18.7. The molecular formula is C17H12Cl3FN4O. The van der Waals surface area contributed by atoms with Gasteiger partial charge in [-0.05, 0) is 36.4 Å². The predicted molar refractivity (Wildman–Crippen MR) is 102 cm³/mol. The fourth-order valence-electron chi connectivity index (χ4n) is 2.21. The van der Waals surface area contributed by atoms with Crippen molar-refractivity contribution >= 4 is 52.3 Å². The summed E-state index contributed by atoms with van der Waals surface area (Å²) in [7, 11) is 0. The van der Waals surface area contributed by atoms with Gasteiger partial charge >= 0.3 is 6.03 Å². The lowest BCUT2D eigenvalue weighted by molar-refractivity contribution is 0.262. The molecule has 9 heteroatoms. The number of halogens is 4. The first-order chi connectivity index (χ1) is 12.4. The molecular weight excluding hydrogens is 402 g/mol. The van der Waals surface area contributed by atoms with Crippen LogP contribution in [0.5, 0.6) is 0 Å². The normalized spacial score (nSPS) is 10.6. The highest BCUT2D eigenvalue weighted by Crippen LogP contribution is 2.24. The van der Waals surface area contributed by atoms with Gasteiger partial charge in [-0.2, -0.15) is 5.10 Å².